The summed E-state index contributed by atoms with van der Waals surface area (Å²) in [5, 5.41) is -1.81. The quantitative estimate of drug-likeness (QED) is 0.191. The number of esters is 1. The highest BCUT2D eigenvalue weighted by Gasteiger charge is 2.73. The lowest BCUT2D eigenvalue weighted by molar-refractivity contribution is -0.348. The van der Waals surface area contributed by atoms with Crippen molar-refractivity contribution in [1.82, 2.24) is 4.98 Å². The van der Waals surface area contributed by atoms with Crippen LogP contribution < -0.4 is 5.73 Å². The molecular weight excluding hydrogens is 542 g/mol. The van der Waals surface area contributed by atoms with Crippen LogP contribution >= 0.6 is 34.8 Å². The molecule has 15 heteroatoms. The number of hydrogen-bond donors (Lipinski definition) is 1. The molecule has 2 N–H and O–H groups in total. The first-order valence-corrected chi connectivity index (χ1v) is 9.74. The molecule has 0 aliphatic heterocycles. The molecule has 0 amide bonds. The normalized spacial score (nSPS) is 13.4. The number of aliphatic imine (C=N–C) groups is 1. The van der Waals surface area contributed by atoms with Gasteiger partial charge in [0.1, 0.15) is 10.8 Å². The first kappa shape index (κ1) is 27.7. The molecule has 2 rings (SSSR count). The summed E-state index contributed by atoms with van der Waals surface area (Å²) in [5.41, 5.74) is -2.44. The third kappa shape index (κ3) is 5.23. The summed E-state index contributed by atoms with van der Waals surface area (Å²) in [6, 6.07) is 1.47. The van der Waals surface area contributed by atoms with Crippen molar-refractivity contribution in [2.75, 3.05) is 7.11 Å². The number of benzene rings is 1. The standard InChI is InChI=1S/C19H11Cl3F7N3O2/c1-34-16(33)11-2-8(6-32-15(11)22)9(5-30)7-31-14-12(20)3-10(4-13(14)21)17(23,18(24,25)26)19(27,28)29/h2-7H,30H2,1H3. The van der Waals surface area contributed by atoms with Crippen LogP contribution in [0.25, 0.3) is 5.57 Å². The third-order valence-electron chi connectivity index (χ3n) is 4.29. The zero-order chi connectivity index (χ0) is 26.1. The van der Waals surface area contributed by atoms with Gasteiger partial charge < -0.3 is 10.5 Å². The number of aromatic nitrogens is 1. The molecule has 0 aliphatic carbocycles. The summed E-state index contributed by atoms with van der Waals surface area (Å²) in [6.45, 7) is 0. The van der Waals surface area contributed by atoms with Gasteiger partial charge in [0.05, 0.1) is 22.7 Å². The number of halogens is 10. The van der Waals surface area contributed by atoms with E-state index in [1.807, 2.05) is 0 Å². The molecule has 1 aromatic carbocycles. The SMILES string of the molecule is COC(=O)c1cc(C(C=Nc2c(Cl)cc(C(F)(C(F)(F)F)C(F)(F)F)cc2Cl)=CN)cnc1Cl. The molecule has 1 heterocycles. The first-order chi connectivity index (χ1) is 15.6. The van der Waals surface area contributed by atoms with E-state index in [-0.39, 0.29) is 34.0 Å². The van der Waals surface area contributed by atoms with Crippen molar-refractivity contribution in [2.45, 2.75) is 18.0 Å². The Bertz CT molecular complexity index is 1130. The average molecular weight is 553 g/mol. The van der Waals surface area contributed by atoms with Crippen LogP contribution in [0.4, 0.5) is 36.4 Å². The topological polar surface area (TPSA) is 77.6 Å². The van der Waals surface area contributed by atoms with E-state index in [2.05, 4.69) is 14.7 Å². The summed E-state index contributed by atoms with van der Waals surface area (Å²) in [4.78, 5) is 19.4. The predicted molar refractivity (Wildman–Crippen MR) is 112 cm³/mol. The molecule has 0 unspecified atom stereocenters. The van der Waals surface area contributed by atoms with E-state index in [4.69, 9.17) is 40.5 Å². The molecule has 0 fully saturated rings. The van der Waals surface area contributed by atoms with Crippen molar-refractivity contribution in [2.24, 2.45) is 10.7 Å². The molecule has 2 aromatic rings. The van der Waals surface area contributed by atoms with E-state index in [1.54, 1.807) is 0 Å². The Morgan fingerprint density at radius 2 is 1.56 bits per heavy atom. The van der Waals surface area contributed by atoms with Gasteiger partial charge in [-0.25, -0.2) is 14.2 Å². The van der Waals surface area contributed by atoms with Gasteiger partial charge >= 0.3 is 24.0 Å². The summed E-state index contributed by atoms with van der Waals surface area (Å²) in [7, 11) is 1.10. The number of carbonyl (C=O) groups is 1. The van der Waals surface area contributed by atoms with Gasteiger partial charge in [0.2, 0.25) is 0 Å². The van der Waals surface area contributed by atoms with E-state index in [9.17, 15) is 35.5 Å². The Kier molecular flexibility index (Phi) is 8.11. The minimum Gasteiger partial charge on any atom is -0.465 e. The largest absolute Gasteiger partial charge is 0.465 e. The first-order valence-electron chi connectivity index (χ1n) is 8.60. The highest BCUT2D eigenvalue weighted by molar-refractivity contribution is 6.39. The summed E-state index contributed by atoms with van der Waals surface area (Å²) in [6.07, 6.45) is -9.54. The molecular formula is C19H11Cl3F7N3O2. The third-order valence-corrected chi connectivity index (χ3v) is 5.16. The number of ether oxygens (including phenoxy) is 1. The van der Waals surface area contributed by atoms with Crippen molar-refractivity contribution in [3.63, 3.8) is 0 Å². The number of hydrogen-bond acceptors (Lipinski definition) is 5. The fourth-order valence-corrected chi connectivity index (χ4v) is 3.35. The molecule has 5 nitrogen and oxygen atoms in total. The molecule has 0 spiro atoms. The van der Waals surface area contributed by atoms with Crippen LogP contribution in [0.2, 0.25) is 15.2 Å². The Morgan fingerprint density at radius 3 is 2.00 bits per heavy atom. The van der Waals surface area contributed by atoms with Gasteiger partial charge in [-0.05, 0) is 18.2 Å². The van der Waals surface area contributed by atoms with E-state index in [0.29, 0.717) is 0 Å². The molecule has 0 aliphatic rings. The van der Waals surface area contributed by atoms with Gasteiger partial charge in [-0.1, -0.05) is 34.8 Å². The Labute approximate surface area is 202 Å². The van der Waals surface area contributed by atoms with Crippen molar-refractivity contribution in [3.8, 4) is 0 Å². The van der Waals surface area contributed by atoms with Gasteiger partial charge in [0.25, 0.3) is 0 Å². The Balaban J connectivity index is 2.53. The maximum Gasteiger partial charge on any atom is 0.435 e. The molecule has 0 atom stereocenters. The second-order valence-corrected chi connectivity index (χ2v) is 7.55. The monoisotopic (exact) mass is 551 g/mol. The maximum absolute atomic E-state index is 14.3. The molecule has 0 bridgehead atoms. The van der Waals surface area contributed by atoms with Crippen LogP contribution in [0.15, 0.2) is 35.6 Å². The smallest absolute Gasteiger partial charge is 0.435 e. The lowest BCUT2D eigenvalue weighted by Gasteiger charge is -2.30. The summed E-state index contributed by atoms with van der Waals surface area (Å²) < 4.78 is 96.9. The van der Waals surface area contributed by atoms with E-state index >= 15 is 0 Å². The number of pyridine rings is 1. The van der Waals surface area contributed by atoms with Crippen LogP contribution in [0.5, 0.6) is 0 Å². The van der Waals surface area contributed by atoms with Crippen molar-refractivity contribution in [1.29, 1.82) is 0 Å². The average Bonchev–Trinajstić information content (AvgIpc) is 2.73. The van der Waals surface area contributed by atoms with E-state index < -0.39 is 45.3 Å². The molecule has 0 radical (unpaired) electrons. The highest BCUT2D eigenvalue weighted by Crippen LogP contribution is 2.54. The number of rotatable bonds is 5. The highest BCUT2D eigenvalue weighted by atomic mass is 35.5. The maximum atomic E-state index is 14.3. The fourth-order valence-electron chi connectivity index (χ4n) is 2.58. The Morgan fingerprint density at radius 1 is 1.03 bits per heavy atom. The lowest BCUT2D eigenvalue weighted by atomic mass is 9.94. The van der Waals surface area contributed by atoms with Crippen LogP contribution in [0, 0.1) is 0 Å². The van der Waals surface area contributed by atoms with Gasteiger partial charge in [-0.3, -0.25) is 4.99 Å². The van der Waals surface area contributed by atoms with Crippen LogP contribution in [-0.4, -0.2) is 36.6 Å². The zero-order valence-electron chi connectivity index (χ0n) is 16.5. The van der Waals surface area contributed by atoms with Gasteiger partial charge in [0.15, 0.2) is 0 Å². The van der Waals surface area contributed by atoms with Gasteiger partial charge in [-0.15, -0.1) is 0 Å². The zero-order valence-corrected chi connectivity index (χ0v) is 18.8. The predicted octanol–water partition coefficient (Wildman–Crippen LogP) is 6.82. The van der Waals surface area contributed by atoms with Crippen molar-refractivity contribution >= 4 is 58.2 Å². The number of methoxy groups -OCH3 is 1. The van der Waals surface area contributed by atoms with Gasteiger partial charge in [-0.2, -0.15) is 26.3 Å². The van der Waals surface area contributed by atoms with Gasteiger partial charge in [0, 0.05) is 35.3 Å². The van der Waals surface area contributed by atoms with Crippen LogP contribution in [0.1, 0.15) is 21.5 Å². The van der Waals surface area contributed by atoms with E-state index in [0.717, 1.165) is 19.5 Å². The van der Waals surface area contributed by atoms with Crippen molar-refractivity contribution < 1.29 is 40.3 Å². The minimum absolute atomic E-state index is 0.0657. The molecule has 0 saturated heterocycles. The Hall–Kier alpha value is -2.57. The van der Waals surface area contributed by atoms with E-state index in [1.165, 1.54) is 12.3 Å². The number of carbonyl (C=O) groups excluding carboxylic acids is 1. The summed E-state index contributed by atoms with van der Waals surface area (Å²) in [5.74, 6) is -0.821. The second-order valence-electron chi connectivity index (χ2n) is 6.38. The van der Waals surface area contributed by atoms with Crippen LogP contribution in [-0.2, 0) is 10.4 Å². The summed E-state index contributed by atoms with van der Waals surface area (Å²) >= 11 is 17.4. The number of alkyl halides is 7. The lowest BCUT2D eigenvalue weighted by Crippen LogP contribution is -2.50. The van der Waals surface area contributed by atoms with Crippen LogP contribution in [0.3, 0.4) is 0 Å². The molecule has 184 valence electrons. The minimum atomic E-state index is -6.35. The number of allylic oxidation sites excluding steroid dienone is 1. The number of nitrogens with zero attached hydrogens (tertiary/aromatic N) is 2. The fraction of sp³-hybridized carbons (Fsp3) is 0.211. The van der Waals surface area contributed by atoms with Crippen molar-refractivity contribution in [3.05, 3.63) is 62.5 Å². The molecule has 34 heavy (non-hydrogen) atoms. The second kappa shape index (κ2) is 9.96. The molecule has 1 aromatic heterocycles. The molecule has 0 saturated carbocycles. The number of nitrogens with two attached hydrogens (primary N) is 1.